The van der Waals surface area contributed by atoms with Gasteiger partial charge in [0.25, 0.3) is 0 Å². The number of aromatic nitrogens is 2. The fourth-order valence-electron chi connectivity index (χ4n) is 4.34. The minimum Gasteiger partial charge on any atom is -0.364 e. The molecule has 9 heteroatoms. The summed E-state index contributed by atoms with van der Waals surface area (Å²) in [7, 11) is 0. The summed E-state index contributed by atoms with van der Waals surface area (Å²) in [5.41, 5.74) is 8.18. The zero-order valence-corrected chi connectivity index (χ0v) is 17.0. The van der Waals surface area contributed by atoms with E-state index in [9.17, 15) is 18.8 Å². The zero-order chi connectivity index (χ0) is 21.9. The molecule has 0 saturated carbocycles. The van der Waals surface area contributed by atoms with Crippen molar-refractivity contribution in [3.63, 3.8) is 0 Å². The van der Waals surface area contributed by atoms with Gasteiger partial charge in [0, 0.05) is 25.2 Å². The molecule has 1 aromatic heterocycles. The Morgan fingerprint density at radius 3 is 2.61 bits per heavy atom. The molecule has 3 aliphatic rings. The molecule has 1 fully saturated rings. The summed E-state index contributed by atoms with van der Waals surface area (Å²) in [4.78, 5) is 44.9. The summed E-state index contributed by atoms with van der Waals surface area (Å²) in [6.07, 6.45) is 0.830. The number of allylic oxidation sites excluding steroid dienone is 2. The van der Waals surface area contributed by atoms with Crippen molar-refractivity contribution in [2.24, 2.45) is 5.73 Å². The van der Waals surface area contributed by atoms with Crippen LogP contribution in [0.1, 0.15) is 51.8 Å². The summed E-state index contributed by atoms with van der Waals surface area (Å²) in [5.74, 6) is -0.617. The number of Topliss-reactive ketones (excluding diaryl/α,β-unsaturated/α-hetero) is 2. The maximum atomic E-state index is 13.1. The van der Waals surface area contributed by atoms with Gasteiger partial charge in [-0.3, -0.25) is 14.4 Å². The molecule has 3 heterocycles. The van der Waals surface area contributed by atoms with Gasteiger partial charge in [-0.1, -0.05) is 12.1 Å². The quantitative estimate of drug-likeness (QED) is 0.698. The number of carbonyl (C=O) groups excluding carboxylic acids is 3. The van der Waals surface area contributed by atoms with Gasteiger partial charge in [0.05, 0.1) is 17.8 Å². The number of halogens is 1. The molecule has 3 N–H and O–H groups in total. The molecule has 2 aromatic rings. The van der Waals surface area contributed by atoms with E-state index >= 15 is 0 Å². The van der Waals surface area contributed by atoms with Crippen LogP contribution in [0, 0.1) is 5.82 Å². The molecule has 1 saturated heterocycles. The minimum atomic E-state index is -0.814. The van der Waals surface area contributed by atoms with Crippen molar-refractivity contribution in [2.75, 3.05) is 13.1 Å². The first-order chi connectivity index (χ1) is 14.8. The van der Waals surface area contributed by atoms with Crippen molar-refractivity contribution >= 4 is 17.5 Å². The molecular weight excluding hydrogens is 401 g/mol. The van der Waals surface area contributed by atoms with Crippen molar-refractivity contribution < 1.29 is 18.8 Å². The minimum absolute atomic E-state index is 0.169. The number of amides is 1. The molecule has 2 aliphatic heterocycles. The number of carbonyl (C=O) groups is 3. The first-order valence-electron chi connectivity index (χ1n) is 10.3. The second-order valence-corrected chi connectivity index (χ2v) is 8.22. The van der Waals surface area contributed by atoms with Gasteiger partial charge >= 0.3 is 0 Å². The van der Waals surface area contributed by atoms with Crippen molar-refractivity contribution in [3.8, 4) is 0 Å². The van der Waals surface area contributed by atoms with E-state index in [2.05, 4.69) is 10.3 Å². The molecule has 1 amide bonds. The SMILES string of the molecule is CC1=C(N2CC2)C(=O)c2nc3n(c2C1=O)CC[C@@H]3NC(=O)[C@@H](N)Cc1ccc(F)cc1. The Morgan fingerprint density at radius 1 is 1.23 bits per heavy atom. The summed E-state index contributed by atoms with van der Waals surface area (Å²) in [6, 6.07) is 4.61. The number of nitrogens with two attached hydrogens (primary N) is 1. The van der Waals surface area contributed by atoms with Gasteiger partial charge in [0.2, 0.25) is 17.5 Å². The van der Waals surface area contributed by atoms with Crippen LogP contribution in [-0.2, 0) is 17.8 Å². The van der Waals surface area contributed by atoms with E-state index in [0.717, 1.165) is 18.7 Å². The van der Waals surface area contributed by atoms with Crippen molar-refractivity contribution in [3.05, 3.63) is 64.1 Å². The summed E-state index contributed by atoms with van der Waals surface area (Å²) in [5, 5.41) is 2.89. The third kappa shape index (κ3) is 3.25. The average molecular weight is 423 g/mol. The number of fused-ring (bicyclic) bond motifs is 3. The van der Waals surface area contributed by atoms with Crippen LogP contribution in [0.4, 0.5) is 4.39 Å². The van der Waals surface area contributed by atoms with Gasteiger partial charge in [-0.25, -0.2) is 9.37 Å². The Balaban J connectivity index is 1.34. The first kappa shape index (κ1) is 19.6. The Bertz CT molecular complexity index is 1150. The van der Waals surface area contributed by atoms with Crippen LogP contribution in [0.2, 0.25) is 0 Å². The normalized spacial score (nSPS) is 20.6. The predicted molar refractivity (Wildman–Crippen MR) is 109 cm³/mol. The lowest BCUT2D eigenvalue weighted by molar-refractivity contribution is -0.123. The third-order valence-electron chi connectivity index (χ3n) is 6.08. The van der Waals surface area contributed by atoms with Crippen LogP contribution in [-0.4, -0.2) is 51.1 Å². The number of rotatable bonds is 5. The van der Waals surface area contributed by atoms with Crippen LogP contribution in [0.3, 0.4) is 0 Å². The third-order valence-corrected chi connectivity index (χ3v) is 6.08. The molecule has 1 aromatic carbocycles. The Labute approximate surface area is 177 Å². The number of nitrogens with one attached hydrogen (secondary N) is 1. The molecule has 0 spiro atoms. The molecule has 2 atom stereocenters. The smallest absolute Gasteiger partial charge is 0.237 e. The Morgan fingerprint density at radius 2 is 1.94 bits per heavy atom. The number of hydrogen-bond acceptors (Lipinski definition) is 6. The lowest BCUT2D eigenvalue weighted by Gasteiger charge is -2.17. The highest BCUT2D eigenvalue weighted by Crippen LogP contribution is 2.36. The second-order valence-electron chi connectivity index (χ2n) is 8.22. The van der Waals surface area contributed by atoms with E-state index in [-0.39, 0.29) is 35.4 Å². The number of imidazole rings is 1. The Kier molecular flexibility index (Phi) is 4.51. The van der Waals surface area contributed by atoms with Crippen molar-refractivity contribution in [1.82, 2.24) is 19.8 Å². The van der Waals surface area contributed by atoms with Gasteiger partial charge in [-0.05, 0) is 37.5 Å². The molecule has 0 unspecified atom stereocenters. The number of ketones is 2. The molecule has 160 valence electrons. The summed E-state index contributed by atoms with van der Waals surface area (Å²) < 4.78 is 14.8. The van der Waals surface area contributed by atoms with Gasteiger partial charge in [-0.15, -0.1) is 0 Å². The standard InChI is InChI=1S/C22H22FN5O3/c1-11-17(27-8-9-27)20(30)16-18(19(11)29)28-7-6-15(21(28)26-16)25-22(31)14(24)10-12-2-4-13(23)5-3-12/h2-5,14-15H,6-10,24H2,1H3,(H,25,31)/t14-,15-/m0/s1. The van der Waals surface area contributed by atoms with Crippen LogP contribution >= 0.6 is 0 Å². The molecule has 31 heavy (non-hydrogen) atoms. The summed E-state index contributed by atoms with van der Waals surface area (Å²) in [6.45, 7) is 3.69. The van der Waals surface area contributed by atoms with Gasteiger partial charge in [-0.2, -0.15) is 0 Å². The topological polar surface area (TPSA) is 110 Å². The van der Waals surface area contributed by atoms with Crippen LogP contribution in [0.5, 0.6) is 0 Å². The van der Waals surface area contributed by atoms with E-state index < -0.39 is 12.1 Å². The fraction of sp³-hybridized carbons (Fsp3) is 0.364. The largest absolute Gasteiger partial charge is 0.364 e. The molecule has 0 radical (unpaired) electrons. The van der Waals surface area contributed by atoms with Crippen LogP contribution in [0.15, 0.2) is 35.5 Å². The number of nitrogens with zero attached hydrogens (tertiary/aromatic N) is 3. The molecular formula is C22H22FN5O3. The number of benzene rings is 1. The van der Waals surface area contributed by atoms with Crippen molar-refractivity contribution in [2.45, 2.75) is 38.4 Å². The predicted octanol–water partition coefficient (Wildman–Crippen LogP) is 1.12. The maximum absolute atomic E-state index is 13.1. The molecule has 0 bridgehead atoms. The first-order valence-corrected chi connectivity index (χ1v) is 10.3. The fourth-order valence-corrected chi connectivity index (χ4v) is 4.34. The molecule has 5 rings (SSSR count). The van der Waals surface area contributed by atoms with E-state index in [1.54, 1.807) is 23.6 Å². The zero-order valence-electron chi connectivity index (χ0n) is 17.0. The van der Waals surface area contributed by atoms with Gasteiger partial charge in [0.1, 0.15) is 23.0 Å². The number of hydrogen-bond donors (Lipinski definition) is 2. The highest BCUT2D eigenvalue weighted by molar-refractivity contribution is 6.25. The van der Waals surface area contributed by atoms with E-state index in [0.29, 0.717) is 35.8 Å². The van der Waals surface area contributed by atoms with Crippen LogP contribution in [0.25, 0.3) is 0 Å². The highest BCUT2D eigenvalue weighted by atomic mass is 19.1. The van der Waals surface area contributed by atoms with E-state index in [1.165, 1.54) is 12.1 Å². The van der Waals surface area contributed by atoms with Gasteiger partial charge in [0.15, 0.2) is 0 Å². The molecule has 1 aliphatic carbocycles. The summed E-state index contributed by atoms with van der Waals surface area (Å²) >= 11 is 0. The van der Waals surface area contributed by atoms with Gasteiger partial charge < -0.3 is 20.5 Å². The highest BCUT2D eigenvalue weighted by Gasteiger charge is 2.43. The lowest BCUT2D eigenvalue weighted by atomic mass is 9.95. The lowest BCUT2D eigenvalue weighted by Crippen LogP contribution is -2.43. The maximum Gasteiger partial charge on any atom is 0.237 e. The molecule has 8 nitrogen and oxygen atoms in total. The van der Waals surface area contributed by atoms with Crippen molar-refractivity contribution in [1.29, 1.82) is 0 Å². The monoisotopic (exact) mass is 423 g/mol. The second kappa shape index (κ2) is 7.12. The Hall–Kier alpha value is -3.33. The average Bonchev–Trinajstić information content (AvgIpc) is 3.39. The van der Waals surface area contributed by atoms with E-state index in [1.807, 2.05) is 4.90 Å². The van der Waals surface area contributed by atoms with Crippen LogP contribution < -0.4 is 11.1 Å². The van der Waals surface area contributed by atoms with E-state index in [4.69, 9.17) is 5.73 Å².